The molecule has 0 spiro atoms. The summed E-state index contributed by atoms with van der Waals surface area (Å²) < 4.78 is 0. The second kappa shape index (κ2) is 27.6. The maximum absolute atomic E-state index is 14.3. The van der Waals surface area contributed by atoms with E-state index in [1.54, 1.807) is 12.1 Å². The van der Waals surface area contributed by atoms with Gasteiger partial charge in [0.05, 0.1) is 0 Å². The van der Waals surface area contributed by atoms with Crippen molar-refractivity contribution in [2.75, 3.05) is 0 Å². The predicted octanol–water partition coefficient (Wildman–Crippen LogP) is 23.6. The number of hydrogen-bond acceptors (Lipinski definition) is 6. The number of rotatable bonds is 15. The van der Waals surface area contributed by atoms with Crippen LogP contribution in [0.4, 0.5) is 0 Å². The van der Waals surface area contributed by atoms with Gasteiger partial charge in [0.2, 0.25) is 0 Å². The van der Waals surface area contributed by atoms with Crippen molar-refractivity contribution < 1.29 is 30.6 Å². The van der Waals surface area contributed by atoms with Crippen molar-refractivity contribution in [2.45, 2.75) is 187 Å². The molecule has 11 aromatic carbocycles. The van der Waals surface area contributed by atoms with E-state index in [2.05, 4.69) is 246 Å². The van der Waals surface area contributed by atoms with E-state index >= 15 is 0 Å². The molecule has 0 bridgehead atoms. The van der Waals surface area contributed by atoms with Crippen LogP contribution >= 0.6 is 0 Å². The third-order valence-corrected chi connectivity index (χ3v) is 20.7. The van der Waals surface area contributed by atoms with E-state index in [9.17, 15) is 30.6 Å². The molecule has 11 rings (SSSR count). The van der Waals surface area contributed by atoms with Gasteiger partial charge in [0.25, 0.3) is 0 Å². The normalized spacial score (nSPS) is 14.1. The lowest BCUT2D eigenvalue weighted by atomic mass is 9.71. The molecule has 6 N–H and O–H groups in total. The second-order valence-electron chi connectivity index (χ2n) is 34.3. The molecular formula is C95H104O6. The molecule has 0 aliphatic carbocycles. The molecule has 0 saturated heterocycles. The Morgan fingerprint density at radius 1 is 0.178 bits per heavy atom. The van der Waals surface area contributed by atoms with Crippen molar-refractivity contribution in [3.05, 3.63) is 353 Å². The molecule has 0 heterocycles. The van der Waals surface area contributed by atoms with Crippen LogP contribution in [-0.4, -0.2) is 30.6 Å². The van der Waals surface area contributed by atoms with E-state index in [0.29, 0.717) is 55.6 Å². The van der Waals surface area contributed by atoms with E-state index in [1.807, 2.05) is 103 Å². The van der Waals surface area contributed by atoms with Crippen molar-refractivity contribution in [3.8, 4) is 34.5 Å². The first-order valence-corrected chi connectivity index (χ1v) is 35.8. The van der Waals surface area contributed by atoms with Gasteiger partial charge in [0.15, 0.2) is 0 Å². The Balaban J connectivity index is 1.23. The molecule has 0 aliphatic rings. The maximum atomic E-state index is 14.3. The molecule has 0 amide bonds. The first-order chi connectivity index (χ1) is 47.4. The second-order valence-corrected chi connectivity index (χ2v) is 34.3. The maximum Gasteiger partial charge on any atom is 0.123 e. The molecule has 101 heavy (non-hydrogen) atoms. The average molecular weight is 1340 g/mol. The summed E-state index contributed by atoms with van der Waals surface area (Å²) in [5, 5.41) is 80.5. The molecule has 0 saturated carbocycles. The summed E-state index contributed by atoms with van der Waals surface area (Å²) in [4.78, 5) is 0. The zero-order valence-electron chi connectivity index (χ0n) is 62.6. The summed E-state index contributed by atoms with van der Waals surface area (Å²) >= 11 is 0. The van der Waals surface area contributed by atoms with Crippen molar-refractivity contribution in [1.82, 2.24) is 0 Å². The first-order valence-electron chi connectivity index (χ1n) is 35.8. The van der Waals surface area contributed by atoms with Gasteiger partial charge in [-0.2, -0.15) is 0 Å². The van der Waals surface area contributed by atoms with Gasteiger partial charge in [0, 0.05) is 85.2 Å². The summed E-state index contributed by atoms with van der Waals surface area (Å²) in [6, 6.07) is 79.1. The monoisotopic (exact) mass is 1340 g/mol. The molecule has 6 nitrogen and oxygen atoms in total. The zero-order chi connectivity index (χ0) is 73.1. The van der Waals surface area contributed by atoms with Gasteiger partial charge in [-0.15, -0.1) is 0 Å². The molecule has 0 aromatic heterocycles. The summed E-state index contributed by atoms with van der Waals surface area (Å²) in [5.41, 5.74) is 13.7. The van der Waals surface area contributed by atoms with Crippen LogP contribution in [0.5, 0.6) is 34.5 Å². The lowest BCUT2D eigenvalue weighted by molar-refractivity contribution is 0.442. The molecule has 0 aliphatic heterocycles. The molecule has 4 atom stereocenters. The van der Waals surface area contributed by atoms with Gasteiger partial charge in [-0.05, 0) is 106 Å². The lowest BCUT2D eigenvalue weighted by Crippen LogP contribution is -2.19. The first kappa shape index (κ1) is 72.5. The Labute approximate surface area is 601 Å². The molecule has 6 heteroatoms. The van der Waals surface area contributed by atoms with E-state index in [1.165, 1.54) is 0 Å². The third kappa shape index (κ3) is 15.0. The highest BCUT2D eigenvalue weighted by Crippen LogP contribution is 2.56. The van der Waals surface area contributed by atoms with E-state index in [0.717, 1.165) is 61.2 Å². The topological polar surface area (TPSA) is 121 Å². The summed E-state index contributed by atoms with van der Waals surface area (Å²) in [6.07, 6.45) is 0. The largest absolute Gasteiger partial charge is 0.508 e. The van der Waals surface area contributed by atoms with Crippen LogP contribution in [0.1, 0.15) is 271 Å². The molecule has 4 unspecified atom stereocenters. The SMILES string of the molecule is CC(C)(C)c1ccc(O)c(C(c2ccccc2)c2cc(C(C)(C)C)cc(C(c3ccccc3)c3cc(C(C)(C)C)cc(C(c4ccccc4)c4cc(C(C)(C)C)cc(C(c5ccccc5)c5cc(C(C)(C)C)cc(C(c6ccccc6)c6cc(C(C)(C)C)ccc6O)c5O)c4O)c3O)c2O)c1. The summed E-state index contributed by atoms with van der Waals surface area (Å²) in [7, 11) is 0. The fourth-order valence-electron chi connectivity index (χ4n) is 14.6. The van der Waals surface area contributed by atoms with Gasteiger partial charge in [-0.25, -0.2) is 0 Å². The van der Waals surface area contributed by atoms with Crippen LogP contribution in [0, 0.1) is 0 Å². The quantitative estimate of drug-likeness (QED) is 0.0569. The van der Waals surface area contributed by atoms with Gasteiger partial charge in [0.1, 0.15) is 34.5 Å². The number of aromatic hydroxyl groups is 6. The van der Waals surface area contributed by atoms with Crippen molar-refractivity contribution >= 4 is 0 Å². The Bertz CT molecular complexity index is 4470. The van der Waals surface area contributed by atoms with Gasteiger partial charge in [-0.3, -0.25) is 0 Å². The minimum absolute atomic E-state index is 0.00516. The Hall–Kier alpha value is -9.78. The fourth-order valence-corrected chi connectivity index (χ4v) is 14.6. The van der Waals surface area contributed by atoms with Crippen LogP contribution in [0.2, 0.25) is 0 Å². The molecule has 520 valence electrons. The van der Waals surface area contributed by atoms with Crippen LogP contribution in [0.3, 0.4) is 0 Å². The van der Waals surface area contributed by atoms with Crippen LogP contribution in [-0.2, 0) is 32.5 Å². The number of phenolic OH excluding ortho intramolecular Hbond substituents is 6. The highest BCUT2D eigenvalue weighted by molar-refractivity contribution is 5.69. The zero-order valence-corrected chi connectivity index (χ0v) is 62.6. The molecule has 11 aromatic rings. The summed E-state index contributed by atoms with van der Waals surface area (Å²) in [5.74, 6) is -3.28. The number of benzene rings is 11. The number of phenols is 6. The van der Waals surface area contributed by atoms with Crippen molar-refractivity contribution in [3.63, 3.8) is 0 Å². The average Bonchev–Trinajstić information content (AvgIpc) is 0.738. The highest BCUT2D eigenvalue weighted by atomic mass is 16.3. The summed E-state index contributed by atoms with van der Waals surface area (Å²) in [6.45, 7) is 39.1. The van der Waals surface area contributed by atoms with E-state index < -0.39 is 51.2 Å². The van der Waals surface area contributed by atoms with Crippen molar-refractivity contribution in [2.24, 2.45) is 0 Å². The number of hydrogen-bond donors (Lipinski definition) is 6. The highest BCUT2D eigenvalue weighted by Gasteiger charge is 2.39. The van der Waals surface area contributed by atoms with Crippen LogP contribution in [0.15, 0.2) is 237 Å². The minimum Gasteiger partial charge on any atom is -0.508 e. The van der Waals surface area contributed by atoms with Crippen molar-refractivity contribution in [1.29, 1.82) is 0 Å². The predicted molar refractivity (Wildman–Crippen MR) is 418 cm³/mol. The van der Waals surface area contributed by atoms with E-state index in [-0.39, 0.29) is 45.3 Å². The molecular weight excluding hydrogens is 1240 g/mol. The third-order valence-electron chi connectivity index (χ3n) is 20.7. The lowest BCUT2D eigenvalue weighted by Gasteiger charge is -2.33. The van der Waals surface area contributed by atoms with Gasteiger partial charge < -0.3 is 30.6 Å². The van der Waals surface area contributed by atoms with Gasteiger partial charge >= 0.3 is 0 Å². The van der Waals surface area contributed by atoms with E-state index in [4.69, 9.17) is 0 Å². The smallest absolute Gasteiger partial charge is 0.123 e. The molecule has 0 radical (unpaired) electrons. The minimum atomic E-state index is -0.817. The van der Waals surface area contributed by atoms with Crippen LogP contribution < -0.4 is 0 Å². The Kier molecular flexibility index (Phi) is 19.8. The Morgan fingerprint density at radius 2 is 0.327 bits per heavy atom. The van der Waals surface area contributed by atoms with Gasteiger partial charge in [-0.1, -0.05) is 349 Å². The molecule has 0 fully saturated rings. The standard InChI is InChI=1S/C95H104O6/c1-90(2,3)63-44-46-79(96)69(48-63)81(58-34-24-19-25-35-58)71-50-65(92(7,8)9)52-73(86(71)98)83(60-38-28-21-29-39-60)75-54-67(94(13,14)15)56-77(88(75)100)85(62-42-32-23-33-43-62)78-57-68(95(16,17)18)55-76(89(78)101)84(61-40-30-22-31-41-61)74-53-66(93(10,11)12)51-72(87(74)99)82(59-36-26-20-27-37-59)70-49-64(91(4,5)6)45-47-80(70)97/h19-57,81-85,96-101H,1-18H3. The van der Waals surface area contributed by atoms with Crippen LogP contribution in [0.25, 0.3) is 0 Å². The Morgan fingerprint density at radius 3 is 0.485 bits per heavy atom. The fraction of sp³-hybridized carbons (Fsp3) is 0.305.